The number of nitrogens with zero attached hydrogens (tertiary/aromatic N) is 2. The third kappa shape index (κ3) is 3.26. The van der Waals surface area contributed by atoms with Gasteiger partial charge in [-0.3, -0.25) is 4.79 Å². The van der Waals surface area contributed by atoms with Gasteiger partial charge in [-0.1, -0.05) is 18.5 Å². The average molecular weight is 419 g/mol. The topological polar surface area (TPSA) is 61.2 Å². The summed E-state index contributed by atoms with van der Waals surface area (Å²) in [6.45, 7) is 1.83. The van der Waals surface area contributed by atoms with Crippen LogP contribution in [0.3, 0.4) is 0 Å². The Labute approximate surface area is 140 Å². The molecular formula is C14H12ClIN2O3. The molecule has 0 atom stereocenters. The molecule has 2 rings (SSSR count). The minimum Gasteiger partial charge on any atom is -0.464 e. The third-order valence-corrected chi connectivity index (χ3v) is 3.88. The van der Waals surface area contributed by atoms with Crippen LogP contribution in [0.25, 0.3) is 5.69 Å². The van der Waals surface area contributed by atoms with Crippen molar-refractivity contribution in [2.24, 2.45) is 0 Å². The molecule has 0 amide bonds. The highest BCUT2D eigenvalue weighted by Crippen LogP contribution is 2.22. The Kier molecular flexibility index (Phi) is 5.00. The van der Waals surface area contributed by atoms with Gasteiger partial charge in [0.2, 0.25) is 11.1 Å². The maximum atomic E-state index is 12.1. The number of ether oxygens (including phenoxy) is 1. The lowest BCUT2D eigenvalue weighted by atomic mass is 10.2. The SMILES string of the molecule is CCc1cn(-c2ccc(I)cc2Cl)nc(C(=O)OC)c1=O. The van der Waals surface area contributed by atoms with Gasteiger partial charge in [0.1, 0.15) is 0 Å². The van der Waals surface area contributed by atoms with E-state index < -0.39 is 11.4 Å². The van der Waals surface area contributed by atoms with Crippen molar-refractivity contribution in [1.82, 2.24) is 9.78 Å². The number of aryl methyl sites for hydroxylation is 1. The average Bonchev–Trinajstić information content (AvgIpc) is 2.47. The Hall–Kier alpha value is -1.41. The molecule has 0 spiro atoms. The van der Waals surface area contributed by atoms with Crippen molar-refractivity contribution in [2.45, 2.75) is 13.3 Å². The zero-order valence-electron chi connectivity index (χ0n) is 11.4. The quantitative estimate of drug-likeness (QED) is 0.568. The van der Waals surface area contributed by atoms with Crippen LogP contribution in [0, 0.1) is 3.57 Å². The van der Waals surface area contributed by atoms with Gasteiger partial charge < -0.3 is 4.74 Å². The van der Waals surface area contributed by atoms with E-state index in [0.717, 1.165) is 3.57 Å². The first-order valence-corrected chi connectivity index (χ1v) is 7.60. The maximum Gasteiger partial charge on any atom is 0.362 e. The molecule has 7 heteroatoms. The van der Waals surface area contributed by atoms with E-state index in [2.05, 4.69) is 32.4 Å². The van der Waals surface area contributed by atoms with Crippen LogP contribution in [0.1, 0.15) is 23.0 Å². The Morgan fingerprint density at radius 2 is 2.19 bits per heavy atom. The second-order valence-electron chi connectivity index (χ2n) is 4.22. The normalized spacial score (nSPS) is 10.5. The highest BCUT2D eigenvalue weighted by atomic mass is 127. The molecule has 2 aromatic rings. The van der Waals surface area contributed by atoms with Crippen molar-refractivity contribution in [3.05, 3.63) is 54.5 Å². The number of halogens is 2. The van der Waals surface area contributed by atoms with Crippen molar-refractivity contribution in [2.75, 3.05) is 7.11 Å². The molecule has 1 aromatic heterocycles. The molecule has 0 aliphatic carbocycles. The fourth-order valence-corrected chi connectivity index (χ4v) is 2.76. The molecule has 0 aliphatic rings. The Balaban J connectivity index is 2.69. The summed E-state index contributed by atoms with van der Waals surface area (Å²) in [4.78, 5) is 23.8. The predicted molar refractivity (Wildman–Crippen MR) is 88.3 cm³/mol. The van der Waals surface area contributed by atoms with Crippen LogP contribution in [-0.2, 0) is 11.2 Å². The number of hydrogen-bond donors (Lipinski definition) is 0. The van der Waals surface area contributed by atoms with Gasteiger partial charge in [0.25, 0.3) is 0 Å². The zero-order chi connectivity index (χ0) is 15.6. The van der Waals surface area contributed by atoms with E-state index >= 15 is 0 Å². The molecule has 5 nitrogen and oxygen atoms in total. The molecule has 0 bridgehead atoms. The monoisotopic (exact) mass is 418 g/mol. The van der Waals surface area contributed by atoms with Crippen molar-refractivity contribution >= 4 is 40.2 Å². The molecule has 0 aliphatic heterocycles. The molecule has 0 saturated heterocycles. The van der Waals surface area contributed by atoms with Crippen molar-refractivity contribution < 1.29 is 9.53 Å². The minimum atomic E-state index is -0.759. The van der Waals surface area contributed by atoms with Crippen LogP contribution < -0.4 is 5.43 Å². The summed E-state index contributed by atoms with van der Waals surface area (Å²) in [5.74, 6) is -0.759. The van der Waals surface area contributed by atoms with E-state index in [0.29, 0.717) is 22.7 Å². The van der Waals surface area contributed by atoms with E-state index in [1.54, 1.807) is 18.3 Å². The summed E-state index contributed by atoms with van der Waals surface area (Å²) in [6, 6.07) is 5.42. The van der Waals surface area contributed by atoms with Crippen LogP contribution in [0.15, 0.2) is 29.2 Å². The second-order valence-corrected chi connectivity index (χ2v) is 5.87. The number of methoxy groups -OCH3 is 1. The van der Waals surface area contributed by atoms with Gasteiger partial charge >= 0.3 is 5.97 Å². The Bertz CT molecular complexity index is 758. The number of aromatic nitrogens is 2. The fraction of sp³-hybridized carbons (Fsp3) is 0.214. The number of rotatable bonds is 3. The molecule has 110 valence electrons. The fourth-order valence-electron chi connectivity index (χ4n) is 1.81. The van der Waals surface area contributed by atoms with E-state index in [4.69, 9.17) is 11.6 Å². The van der Waals surface area contributed by atoms with Gasteiger partial charge in [-0.05, 0) is 47.2 Å². The van der Waals surface area contributed by atoms with E-state index in [-0.39, 0.29) is 5.69 Å². The van der Waals surface area contributed by atoms with Crippen LogP contribution in [0.2, 0.25) is 5.02 Å². The van der Waals surface area contributed by atoms with Crippen LogP contribution in [0.4, 0.5) is 0 Å². The van der Waals surface area contributed by atoms with Gasteiger partial charge in [0.15, 0.2) is 0 Å². The summed E-state index contributed by atoms with van der Waals surface area (Å²) in [7, 11) is 1.21. The lowest BCUT2D eigenvalue weighted by molar-refractivity contribution is 0.0590. The summed E-state index contributed by atoms with van der Waals surface area (Å²) in [5, 5.41) is 4.54. The minimum absolute atomic E-state index is 0.244. The van der Waals surface area contributed by atoms with Gasteiger partial charge in [-0.25, -0.2) is 9.48 Å². The van der Waals surface area contributed by atoms with Crippen LogP contribution in [0.5, 0.6) is 0 Å². The number of benzene rings is 1. The van der Waals surface area contributed by atoms with Gasteiger partial charge in [-0.2, -0.15) is 5.10 Å². The second kappa shape index (κ2) is 6.57. The molecular weight excluding hydrogens is 407 g/mol. The Morgan fingerprint density at radius 1 is 1.48 bits per heavy atom. The lowest BCUT2D eigenvalue weighted by Crippen LogP contribution is -2.25. The molecule has 1 heterocycles. The van der Waals surface area contributed by atoms with Crippen molar-refractivity contribution in [1.29, 1.82) is 0 Å². The van der Waals surface area contributed by atoms with Gasteiger partial charge in [0.05, 0.1) is 17.8 Å². The summed E-state index contributed by atoms with van der Waals surface area (Å²) in [5.41, 5.74) is 0.408. The zero-order valence-corrected chi connectivity index (χ0v) is 14.3. The molecule has 0 saturated carbocycles. The highest BCUT2D eigenvalue weighted by molar-refractivity contribution is 14.1. The summed E-state index contributed by atoms with van der Waals surface area (Å²) < 4.78 is 7.02. The molecule has 1 aromatic carbocycles. The predicted octanol–water partition coefficient (Wildman–Crippen LogP) is 2.84. The first-order valence-electron chi connectivity index (χ1n) is 6.14. The summed E-state index contributed by atoms with van der Waals surface area (Å²) in [6.07, 6.45) is 2.07. The standard InChI is InChI=1S/C14H12ClIN2O3/c1-3-8-7-18(11-5-4-9(16)6-10(11)15)17-12(13(8)19)14(20)21-2/h4-7H,3H2,1-2H3. The number of hydrogen-bond acceptors (Lipinski definition) is 4. The molecule has 21 heavy (non-hydrogen) atoms. The lowest BCUT2D eigenvalue weighted by Gasteiger charge is -2.11. The third-order valence-electron chi connectivity index (χ3n) is 2.91. The Morgan fingerprint density at radius 3 is 2.76 bits per heavy atom. The van der Waals surface area contributed by atoms with Gasteiger partial charge in [0, 0.05) is 15.3 Å². The number of carbonyl (C=O) groups excluding carboxylic acids is 1. The number of carbonyl (C=O) groups is 1. The molecule has 0 unspecified atom stereocenters. The highest BCUT2D eigenvalue weighted by Gasteiger charge is 2.18. The van der Waals surface area contributed by atoms with E-state index in [9.17, 15) is 9.59 Å². The first-order chi connectivity index (χ1) is 9.97. The maximum absolute atomic E-state index is 12.1. The molecule has 0 N–H and O–H groups in total. The molecule has 0 fully saturated rings. The van der Waals surface area contributed by atoms with Crippen molar-refractivity contribution in [3.8, 4) is 5.69 Å². The van der Waals surface area contributed by atoms with Crippen molar-refractivity contribution in [3.63, 3.8) is 0 Å². The molecule has 0 radical (unpaired) electrons. The largest absolute Gasteiger partial charge is 0.464 e. The van der Waals surface area contributed by atoms with Crippen LogP contribution in [-0.4, -0.2) is 22.9 Å². The number of esters is 1. The first kappa shape index (κ1) is 16.0. The van der Waals surface area contributed by atoms with E-state index in [1.165, 1.54) is 11.8 Å². The van der Waals surface area contributed by atoms with Crippen LogP contribution >= 0.6 is 34.2 Å². The smallest absolute Gasteiger partial charge is 0.362 e. The van der Waals surface area contributed by atoms with E-state index in [1.807, 2.05) is 13.0 Å². The van der Waals surface area contributed by atoms with Gasteiger partial charge in [-0.15, -0.1) is 0 Å². The summed E-state index contributed by atoms with van der Waals surface area (Å²) >= 11 is 8.35.